The molecule has 0 radical (unpaired) electrons. The number of benzene rings is 2. The Labute approximate surface area is 193 Å². The molecule has 2 amide bonds. The number of piperidine rings is 1. The van der Waals surface area contributed by atoms with E-state index in [9.17, 15) is 18.0 Å². The van der Waals surface area contributed by atoms with Crippen molar-refractivity contribution in [2.24, 2.45) is 0 Å². The Morgan fingerprint density at radius 2 is 1.62 bits per heavy atom. The van der Waals surface area contributed by atoms with E-state index in [0.717, 1.165) is 44.3 Å². The van der Waals surface area contributed by atoms with Gasteiger partial charge in [0.15, 0.2) is 0 Å². The van der Waals surface area contributed by atoms with Gasteiger partial charge in [-0.1, -0.05) is 23.7 Å². The molecule has 9 heteroatoms. The van der Waals surface area contributed by atoms with Crippen LogP contribution in [0.4, 0.5) is 0 Å². The average Bonchev–Trinajstić information content (AvgIpc) is 3.61. The molecular formula is C23H26ClN3O4S. The highest BCUT2D eigenvalue weighted by molar-refractivity contribution is 7.89. The molecule has 2 fully saturated rings. The Balaban J connectivity index is 1.38. The smallest absolute Gasteiger partial charge is 0.253 e. The lowest BCUT2D eigenvalue weighted by Gasteiger charge is -2.26. The molecular weight excluding hydrogens is 450 g/mol. The third-order valence-corrected chi connectivity index (χ3v) is 7.68. The zero-order valence-electron chi connectivity index (χ0n) is 17.6. The first-order chi connectivity index (χ1) is 15.3. The maximum Gasteiger partial charge on any atom is 0.253 e. The summed E-state index contributed by atoms with van der Waals surface area (Å²) in [5, 5.41) is 2.86. The molecule has 2 aromatic rings. The summed E-state index contributed by atoms with van der Waals surface area (Å²) in [6.45, 7) is 1.85. The number of rotatable bonds is 7. The minimum Gasteiger partial charge on any atom is -0.348 e. The van der Waals surface area contributed by atoms with E-state index in [2.05, 4.69) is 10.0 Å². The van der Waals surface area contributed by atoms with Gasteiger partial charge in [0.05, 0.1) is 5.02 Å². The van der Waals surface area contributed by atoms with Crippen LogP contribution in [0.1, 0.15) is 58.4 Å². The van der Waals surface area contributed by atoms with Gasteiger partial charge in [0.2, 0.25) is 10.0 Å². The zero-order chi connectivity index (χ0) is 22.7. The standard InChI is InChI=1S/C23H26ClN3O4S/c24-20-11-8-18(14-21(20)32(30,31)26-19-9-10-19)22(28)25-15-16-4-6-17(7-5-16)23(29)27-12-2-1-3-13-27/h4-8,11,14,19,26H,1-3,9-10,12-13,15H2,(H,25,28). The number of carbonyl (C=O) groups is 2. The molecule has 0 spiro atoms. The van der Waals surface area contributed by atoms with Gasteiger partial charge >= 0.3 is 0 Å². The summed E-state index contributed by atoms with van der Waals surface area (Å²) >= 11 is 6.08. The number of carbonyl (C=O) groups excluding carboxylic acids is 2. The van der Waals surface area contributed by atoms with E-state index in [0.29, 0.717) is 5.56 Å². The molecule has 0 atom stereocenters. The molecule has 2 N–H and O–H groups in total. The molecule has 1 saturated carbocycles. The van der Waals surface area contributed by atoms with E-state index >= 15 is 0 Å². The molecule has 32 heavy (non-hydrogen) atoms. The summed E-state index contributed by atoms with van der Waals surface area (Å²) in [6.07, 6.45) is 4.86. The number of likely N-dealkylation sites (tertiary alicyclic amines) is 1. The minimum atomic E-state index is -3.77. The first kappa shape index (κ1) is 22.8. The first-order valence-corrected chi connectivity index (χ1v) is 12.7. The van der Waals surface area contributed by atoms with Crippen LogP contribution in [0.2, 0.25) is 5.02 Å². The Kier molecular flexibility index (Phi) is 6.83. The van der Waals surface area contributed by atoms with Gasteiger partial charge in [0, 0.05) is 36.8 Å². The number of nitrogens with zero attached hydrogens (tertiary/aromatic N) is 1. The lowest BCUT2D eigenvalue weighted by Crippen LogP contribution is -2.35. The fourth-order valence-corrected chi connectivity index (χ4v) is 5.49. The Hall–Kier alpha value is -2.42. The van der Waals surface area contributed by atoms with Gasteiger partial charge in [-0.2, -0.15) is 0 Å². The van der Waals surface area contributed by atoms with Gasteiger partial charge in [-0.05, 0) is 68.0 Å². The number of nitrogens with one attached hydrogen (secondary N) is 2. The van der Waals surface area contributed by atoms with Crippen LogP contribution in [0, 0.1) is 0 Å². The van der Waals surface area contributed by atoms with Crippen molar-refractivity contribution in [3.05, 3.63) is 64.2 Å². The van der Waals surface area contributed by atoms with Crippen LogP contribution >= 0.6 is 11.6 Å². The van der Waals surface area contributed by atoms with E-state index < -0.39 is 15.9 Å². The molecule has 0 bridgehead atoms. The van der Waals surface area contributed by atoms with Crippen LogP contribution < -0.4 is 10.0 Å². The molecule has 2 aliphatic rings. The molecule has 170 valence electrons. The van der Waals surface area contributed by atoms with Crippen LogP contribution in [-0.2, 0) is 16.6 Å². The van der Waals surface area contributed by atoms with E-state index in [1.165, 1.54) is 24.6 Å². The van der Waals surface area contributed by atoms with Crippen molar-refractivity contribution in [2.45, 2.75) is 49.6 Å². The van der Waals surface area contributed by atoms with Crippen LogP contribution in [0.3, 0.4) is 0 Å². The second-order valence-electron chi connectivity index (χ2n) is 8.27. The summed E-state index contributed by atoms with van der Waals surface area (Å²) in [7, 11) is -3.77. The van der Waals surface area contributed by atoms with E-state index in [1.54, 1.807) is 12.1 Å². The molecule has 0 unspecified atom stereocenters. The van der Waals surface area contributed by atoms with Crippen molar-refractivity contribution in [1.29, 1.82) is 0 Å². The zero-order valence-corrected chi connectivity index (χ0v) is 19.2. The molecule has 1 heterocycles. The monoisotopic (exact) mass is 475 g/mol. The maximum atomic E-state index is 12.6. The number of amides is 2. The van der Waals surface area contributed by atoms with Crippen molar-refractivity contribution in [3.63, 3.8) is 0 Å². The van der Waals surface area contributed by atoms with Gasteiger partial charge in [-0.3, -0.25) is 9.59 Å². The largest absolute Gasteiger partial charge is 0.348 e. The van der Waals surface area contributed by atoms with Crippen LogP contribution in [0.25, 0.3) is 0 Å². The third kappa shape index (κ3) is 5.49. The van der Waals surface area contributed by atoms with Crippen molar-refractivity contribution < 1.29 is 18.0 Å². The Bertz CT molecular complexity index is 1110. The van der Waals surface area contributed by atoms with E-state index in [4.69, 9.17) is 11.6 Å². The quantitative estimate of drug-likeness (QED) is 0.642. The van der Waals surface area contributed by atoms with Gasteiger partial charge in [-0.15, -0.1) is 0 Å². The SMILES string of the molecule is O=C(NCc1ccc(C(=O)N2CCCCC2)cc1)c1ccc(Cl)c(S(=O)(=O)NC2CC2)c1. The van der Waals surface area contributed by atoms with Crippen molar-refractivity contribution in [1.82, 2.24) is 14.9 Å². The van der Waals surface area contributed by atoms with Gasteiger partial charge in [-0.25, -0.2) is 13.1 Å². The van der Waals surface area contributed by atoms with Crippen LogP contribution in [0.5, 0.6) is 0 Å². The number of hydrogen-bond donors (Lipinski definition) is 2. The van der Waals surface area contributed by atoms with Crippen molar-refractivity contribution >= 4 is 33.4 Å². The third-order valence-electron chi connectivity index (χ3n) is 5.68. The number of sulfonamides is 1. The second-order valence-corrected chi connectivity index (χ2v) is 10.4. The molecule has 7 nitrogen and oxygen atoms in total. The predicted octanol–water partition coefficient (Wildman–Crippen LogP) is 3.34. The summed E-state index contributed by atoms with van der Waals surface area (Å²) < 4.78 is 27.6. The van der Waals surface area contributed by atoms with Crippen LogP contribution in [-0.4, -0.2) is 44.3 Å². The fraction of sp³-hybridized carbons (Fsp3) is 0.391. The second kappa shape index (κ2) is 9.60. The van der Waals surface area contributed by atoms with Crippen molar-refractivity contribution in [2.75, 3.05) is 13.1 Å². The highest BCUT2D eigenvalue weighted by Crippen LogP contribution is 2.27. The topological polar surface area (TPSA) is 95.6 Å². The van der Waals surface area contributed by atoms with Crippen LogP contribution in [0.15, 0.2) is 47.4 Å². The van der Waals surface area contributed by atoms with Crippen molar-refractivity contribution in [3.8, 4) is 0 Å². The highest BCUT2D eigenvalue weighted by Gasteiger charge is 2.29. The molecule has 1 aliphatic heterocycles. The number of hydrogen-bond acceptors (Lipinski definition) is 4. The summed E-state index contributed by atoms with van der Waals surface area (Å²) in [4.78, 5) is 26.9. The molecule has 1 saturated heterocycles. The maximum absolute atomic E-state index is 12.6. The highest BCUT2D eigenvalue weighted by atomic mass is 35.5. The lowest BCUT2D eigenvalue weighted by molar-refractivity contribution is 0.0724. The average molecular weight is 476 g/mol. The number of halogens is 1. The summed E-state index contributed by atoms with van der Waals surface area (Å²) in [5.74, 6) is -0.368. The van der Waals surface area contributed by atoms with E-state index in [1.807, 2.05) is 17.0 Å². The lowest BCUT2D eigenvalue weighted by atomic mass is 10.1. The summed E-state index contributed by atoms with van der Waals surface area (Å²) in [6, 6.07) is 11.3. The normalized spacial score (nSPS) is 16.6. The first-order valence-electron chi connectivity index (χ1n) is 10.8. The summed E-state index contributed by atoms with van der Waals surface area (Å²) in [5.41, 5.74) is 1.69. The fourth-order valence-electron chi connectivity index (χ4n) is 3.66. The molecule has 4 rings (SSSR count). The van der Waals surface area contributed by atoms with Gasteiger partial charge < -0.3 is 10.2 Å². The molecule has 1 aliphatic carbocycles. The van der Waals surface area contributed by atoms with Gasteiger partial charge in [0.1, 0.15) is 4.90 Å². The van der Waals surface area contributed by atoms with E-state index in [-0.39, 0.29) is 34.0 Å². The Morgan fingerprint density at radius 1 is 0.969 bits per heavy atom. The van der Waals surface area contributed by atoms with Gasteiger partial charge in [0.25, 0.3) is 11.8 Å². The predicted molar refractivity (Wildman–Crippen MR) is 122 cm³/mol. The molecule has 0 aromatic heterocycles. The Morgan fingerprint density at radius 3 is 2.28 bits per heavy atom. The molecule has 2 aromatic carbocycles. The minimum absolute atomic E-state index is 0.0370.